The Kier molecular flexibility index (Phi) is 7.65. The molecule has 0 fully saturated rings. The first kappa shape index (κ1) is 26.9. The van der Waals surface area contributed by atoms with Crippen molar-refractivity contribution < 1.29 is 24.7 Å². The first-order chi connectivity index (χ1) is 19.8. The average Bonchev–Trinajstić information content (AvgIpc) is 3.73. The topological polar surface area (TPSA) is 26.1 Å². The van der Waals surface area contributed by atoms with Gasteiger partial charge in [-0.25, -0.2) is 0 Å². The Morgan fingerprint density at radius 2 is 1.61 bits per heavy atom. The Balaban J connectivity index is 0.000000196. The number of unbranched alkanes of at least 4 members (excludes halogenated alkanes) is 1. The molecule has 8 aromatic rings. The predicted molar refractivity (Wildman–Crippen MR) is 162 cm³/mol. The van der Waals surface area contributed by atoms with Crippen LogP contribution in [-0.2, 0) is 26.7 Å². The monoisotopic (exact) mass is 709 g/mol. The second-order valence-corrected chi connectivity index (χ2v) is 9.95. The van der Waals surface area contributed by atoms with Crippen LogP contribution in [0.3, 0.4) is 0 Å². The summed E-state index contributed by atoms with van der Waals surface area (Å²) in [4.78, 5) is 4.22. The zero-order valence-electron chi connectivity index (χ0n) is 22.7. The molecule has 0 saturated carbocycles. The molecule has 4 aromatic heterocycles. The van der Waals surface area contributed by atoms with Crippen molar-refractivity contribution in [3.05, 3.63) is 134 Å². The molecule has 4 heterocycles. The van der Waals surface area contributed by atoms with Gasteiger partial charge in [0.15, 0.2) is 0 Å². The van der Waals surface area contributed by atoms with Gasteiger partial charge in [-0.1, -0.05) is 83.9 Å². The van der Waals surface area contributed by atoms with Crippen molar-refractivity contribution in [1.82, 2.24) is 14.0 Å². The van der Waals surface area contributed by atoms with Gasteiger partial charge in [0.25, 0.3) is 0 Å². The smallest absolute Gasteiger partial charge is 0.348 e. The van der Waals surface area contributed by atoms with E-state index >= 15 is 0 Å². The van der Waals surface area contributed by atoms with E-state index in [4.69, 9.17) is 0 Å². The van der Waals surface area contributed by atoms with Gasteiger partial charge in [0.2, 0.25) is 6.33 Å². The standard InChI is InChI=1S/C25H20N3.C11H8N.Ir/c1-2-3-14-26-15-16-27(17-26)22-12-7-13-23-24(22)20-10-6-9-19-18-8-4-5-11-21(18)28(23)25(19)20;1-2-6-10(7-3-1)11-8-4-5-9-12-11;/h4-11,13,15-16H,2-3,14H2,1H3;1-6,8-9H;/q2*-1;+3. The molecule has 4 aromatic carbocycles. The largest absolute Gasteiger partial charge is 3.00 e. The van der Waals surface area contributed by atoms with Crippen LogP contribution in [0.1, 0.15) is 19.8 Å². The number of fused-ring (bicyclic) bond motifs is 6. The van der Waals surface area contributed by atoms with E-state index in [1.165, 1.54) is 50.9 Å². The van der Waals surface area contributed by atoms with Gasteiger partial charge >= 0.3 is 20.1 Å². The van der Waals surface area contributed by atoms with Crippen LogP contribution in [0.15, 0.2) is 116 Å². The Labute approximate surface area is 253 Å². The van der Waals surface area contributed by atoms with Gasteiger partial charge in [-0.2, -0.15) is 12.1 Å². The van der Waals surface area contributed by atoms with Crippen LogP contribution in [0, 0.1) is 18.5 Å². The fraction of sp³-hybridized carbons (Fsp3) is 0.111. The maximum Gasteiger partial charge on any atom is 3.00 e. The number of pyridine rings is 1. The minimum absolute atomic E-state index is 0. The summed E-state index contributed by atoms with van der Waals surface area (Å²) in [5, 5.41) is 5.13. The summed E-state index contributed by atoms with van der Waals surface area (Å²) in [6.45, 7) is 3.22. The molecule has 5 heteroatoms. The maximum atomic E-state index is 4.22. The fourth-order valence-electron chi connectivity index (χ4n) is 5.59. The number of hydrogen-bond acceptors (Lipinski definition) is 1. The van der Waals surface area contributed by atoms with E-state index in [0.29, 0.717) is 0 Å². The van der Waals surface area contributed by atoms with E-state index in [2.05, 4.69) is 105 Å². The van der Waals surface area contributed by atoms with E-state index < -0.39 is 0 Å². The average molecular weight is 709 g/mol. The third kappa shape index (κ3) is 4.82. The number of para-hydroxylation sites is 2. The van der Waals surface area contributed by atoms with Crippen molar-refractivity contribution in [1.29, 1.82) is 0 Å². The molecule has 200 valence electrons. The van der Waals surface area contributed by atoms with Crippen molar-refractivity contribution in [3.63, 3.8) is 0 Å². The summed E-state index contributed by atoms with van der Waals surface area (Å²) in [6.07, 6.45) is 11.8. The molecule has 0 radical (unpaired) electrons. The molecule has 8 rings (SSSR count). The number of benzene rings is 4. The van der Waals surface area contributed by atoms with Crippen LogP contribution < -0.4 is 4.57 Å². The van der Waals surface area contributed by atoms with Gasteiger partial charge in [0.05, 0.1) is 12.1 Å². The molecule has 0 saturated heterocycles. The van der Waals surface area contributed by atoms with E-state index in [0.717, 1.165) is 23.5 Å². The van der Waals surface area contributed by atoms with E-state index in [9.17, 15) is 0 Å². The molecule has 0 aliphatic carbocycles. The third-order valence-electron chi connectivity index (χ3n) is 7.43. The first-order valence-corrected chi connectivity index (χ1v) is 13.8. The molecule has 0 amide bonds. The molecule has 0 N–H and O–H groups in total. The van der Waals surface area contributed by atoms with Gasteiger partial charge in [-0.05, 0) is 24.2 Å². The van der Waals surface area contributed by atoms with Gasteiger partial charge < -0.3 is 18.5 Å². The van der Waals surface area contributed by atoms with Crippen molar-refractivity contribution in [2.75, 3.05) is 0 Å². The van der Waals surface area contributed by atoms with Crippen LogP contribution >= 0.6 is 0 Å². The summed E-state index contributed by atoms with van der Waals surface area (Å²) in [5.74, 6) is 0. The van der Waals surface area contributed by atoms with Crippen molar-refractivity contribution in [2.24, 2.45) is 0 Å². The quantitative estimate of drug-likeness (QED) is 0.132. The Hall–Kier alpha value is -4.31. The number of nitrogens with zero attached hydrogens (tertiary/aromatic N) is 4. The number of imidazole rings is 1. The molecule has 0 bridgehead atoms. The molecule has 4 nitrogen and oxygen atoms in total. The zero-order valence-corrected chi connectivity index (χ0v) is 25.1. The number of aryl methyl sites for hydroxylation is 1. The molecule has 0 spiro atoms. The van der Waals surface area contributed by atoms with E-state index in [1.807, 2.05) is 48.5 Å². The van der Waals surface area contributed by atoms with Crippen LogP contribution in [0.25, 0.3) is 55.0 Å². The predicted octanol–water partition coefficient (Wildman–Crippen LogP) is 7.86. The fourth-order valence-corrected chi connectivity index (χ4v) is 5.59. The SMILES string of the molecule is CCCC[n+]1[c-]n(-c2[c-]ccc3c2c2cccc4c5ccccc5n3c42)cc1.[Ir+3].[c-]1ccccc1-c1ccccn1. The Morgan fingerprint density at radius 3 is 2.44 bits per heavy atom. The second-order valence-electron chi connectivity index (χ2n) is 9.95. The van der Waals surface area contributed by atoms with Crippen molar-refractivity contribution in [2.45, 2.75) is 26.3 Å². The zero-order chi connectivity index (χ0) is 26.9. The van der Waals surface area contributed by atoms with Crippen LogP contribution in [0.4, 0.5) is 0 Å². The van der Waals surface area contributed by atoms with Crippen LogP contribution in [-0.4, -0.2) is 14.0 Å². The minimum Gasteiger partial charge on any atom is -0.348 e. The molecular formula is C36H28IrN4+. The summed E-state index contributed by atoms with van der Waals surface area (Å²) in [7, 11) is 0. The van der Waals surface area contributed by atoms with E-state index in [1.54, 1.807) is 6.20 Å². The van der Waals surface area contributed by atoms with Crippen LogP contribution in [0.2, 0.25) is 0 Å². The summed E-state index contributed by atoms with van der Waals surface area (Å²) in [6, 6.07) is 39.8. The van der Waals surface area contributed by atoms with Crippen molar-refractivity contribution in [3.8, 4) is 16.9 Å². The molecular weight excluding hydrogens is 681 g/mol. The summed E-state index contributed by atoms with van der Waals surface area (Å²) in [5.41, 5.74) is 6.86. The Bertz CT molecular complexity index is 2000. The van der Waals surface area contributed by atoms with Gasteiger partial charge in [0.1, 0.15) is 0 Å². The van der Waals surface area contributed by atoms with E-state index in [-0.39, 0.29) is 20.1 Å². The normalized spacial score (nSPS) is 11.1. The maximum absolute atomic E-state index is 4.22. The molecule has 0 atom stereocenters. The third-order valence-corrected chi connectivity index (χ3v) is 7.43. The van der Waals surface area contributed by atoms with Gasteiger partial charge in [-0.15, -0.1) is 42.0 Å². The molecule has 41 heavy (non-hydrogen) atoms. The minimum atomic E-state index is 0. The van der Waals surface area contributed by atoms with Gasteiger partial charge in [-0.3, -0.25) is 0 Å². The van der Waals surface area contributed by atoms with Crippen LogP contribution in [0.5, 0.6) is 0 Å². The number of aromatic nitrogens is 4. The number of hydrogen-bond donors (Lipinski definition) is 0. The second kappa shape index (κ2) is 11.7. The molecule has 0 aliphatic rings. The number of rotatable bonds is 5. The molecule has 0 aliphatic heterocycles. The van der Waals surface area contributed by atoms with Gasteiger partial charge in [0, 0.05) is 34.9 Å². The molecule has 0 unspecified atom stereocenters. The summed E-state index contributed by atoms with van der Waals surface area (Å²) >= 11 is 0. The first-order valence-electron chi connectivity index (χ1n) is 13.8. The Morgan fingerprint density at radius 1 is 0.780 bits per heavy atom. The van der Waals surface area contributed by atoms with Crippen molar-refractivity contribution >= 4 is 38.1 Å². The summed E-state index contributed by atoms with van der Waals surface area (Å²) < 4.78 is 6.63.